The number of nitrogens with one attached hydrogen (secondary N) is 1. The summed E-state index contributed by atoms with van der Waals surface area (Å²) in [7, 11) is 6.61. The van der Waals surface area contributed by atoms with Gasteiger partial charge in [-0.25, -0.2) is 4.98 Å². The van der Waals surface area contributed by atoms with Crippen molar-refractivity contribution in [2.24, 2.45) is 7.05 Å². The average molecular weight is 536 g/mol. The molecule has 0 spiro atoms. The average Bonchev–Trinajstić information content (AvgIpc) is 3.25. The Morgan fingerprint density at radius 1 is 1.13 bits per heavy atom. The minimum atomic E-state index is -0.250. The second-order valence-electron chi connectivity index (χ2n) is 9.17. The summed E-state index contributed by atoms with van der Waals surface area (Å²) in [6.07, 6.45) is 4.30. The van der Waals surface area contributed by atoms with Gasteiger partial charge in [-0.1, -0.05) is 12.1 Å². The van der Waals surface area contributed by atoms with Crippen molar-refractivity contribution in [3.8, 4) is 5.75 Å². The highest BCUT2D eigenvalue weighted by atomic mass is 16.5. The molecule has 2 amide bonds. The molecule has 0 atom stereocenters. The molecule has 14 heteroatoms. The topological polar surface area (TPSA) is 187 Å². The third-order valence-electron chi connectivity index (χ3n) is 6.25. The Hall–Kier alpha value is -5.01. The van der Waals surface area contributed by atoms with Crippen molar-refractivity contribution >= 4 is 59.2 Å². The first-order chi connectivity index (χ1) is 18.6. The first-order valence-electron chi connectivity index (χ1n) is 12.2. The molecular weight excluding hydrogens is 502 g/mol. The van der Waals surface area contributed by atoms with Gasteiger partial charge in [0.1, 0.15) is 23.9 Å². The zero-order valence-corrected chi connectivity index (χ0v) is 22.4. The normalized spacial score (nSPS) is 12.7. The van der Waals surface area contributed by atoms with E-state index in [1.165, 1.54) is 9.80 Å². The number of nitrogens with two attached hydrogens (primary N) is 3. The number of carbonyl (C=O) groups is 2. The summed E-state index contributed by atoms with van der Waals surface area (Å²) in [5.74, 6) is 1.92. The summed E-state index contributed by atoms with van der Waals surface area (Å²) >= 11 is 0. The van der Waals surface area contributed by atoms with Crippen molar-refractivity contribution in [2.75, 3.05) is 79.7 Å². The fourth-order valence-corrected chi connectivity index (χ4v) is 4.08. The van der Waals surface area contributed by atoms with E-state index in [9.17, 15) is 9.59 Å². The van der Waals surface area contributed by atoms with Gasteiger partial charge in [0.15, 0.2) is 23.1 Å². The number of aromatic nitrogens is 4. The summed E-state index contributed by atoms with van der Waals surface area (Å²) in [5.41, 5.74) is 19.6. The Kier molecular flexibility index (Phi) is 7.74. The van der Waals surface area contributed by atoms with Gasteiger partial charge in [0, 0.05) is 41.3 Å². The van der Waals surface area contributed by atoms with Crippen LogP contribution in [0.2, 0.25) is 0 Å². The van der Waals surface area contributed by atoms with Gasteiger partial charge in [-0.05, 0) is 23.8 Å². The largest absolute Gasteiger partial charge is 0.490 e. The maximum atomic E-state index is 12.7. The lowest BCUT2D eigenvalue weighted by atomic mass is 10.1. The van der Waals surface area contributed by atoms with Gasteiger partial charge in [-0.3, -0.25) is 9.59 Å². The first-order valence-corrected chi connectivity index (χ1v) is 12.2. The Labute approximate surface area is 226 Å². The van der Waals surface area contributed by atoms with Crippen molar-refractivity contribution in [1.29, 1.82) is 0 Å². The molecule has 0 saturated carbocycles. The highest BCUT2D eigenvalue weighted by Crippen LogP contribution is 2.33. The number of nitrogens with zero attached hydrogens (tertiary/aromatic N) is 7. The lowest BCUT2D eigenvalue weighted by molar-refractivity contribution is -0.107. The molecule has 0 fully saturated rings. The number of nitrogen functional groups attached to an aromatic ring is 3. The molecule has 0 unspecified atom stereocenters. The molecule has 4 rings (SSSR count). The number of carbonyl (C=O) groups excluding carboxylic acids is 2. The summed E-state index contributed by atoms with van der Waals surface area (Å²) in [4.78, 5) is 41.8. The van der Waals surface area contributed by atoms with Gasteiger partial charge in [0.05, 0.1) is 12.2 Å². The van der Waals surface area contributed by atoms with Crippen molar-refractivity contribution in [3.63, 3.8) is 0 Å². The molecule has 1 aromatic carbocycles. The van der Waals surface area contributed by atoms with Crippen LogP contribution in [0.25, 0.3) is 12.2 Å². The van der Waals surface area contributed by atoms with E-state index < -0.39 is 0 Å². The number of ether oxygens (including phenoxy) is 1. The second kappa shape index (κ2) is 11.2. The summed E-state index contributed by atoms with van der Waals surface area (Å²) in [5, 5.41) is 3.13. The van der Waals surface area contributed by atoms with Crippen LogP contribution < -0.4 is 37.1 Å². The smallest absolute Gasteiger partial charge is 0.273 e. The SMILES string of the molecule is CN(C)C(=O)c1c(N(C)C=O)nc(/C=C/c2ccc3c(c2)OCCN3CCNc2nc(N)c(N)c(N)n2)n1C. The third kappa shape index (κ3) is 5.63. The van der Waals surface area contributed by atoms with Crippen LogP contribution in [0, 0.1) is 0 Å². The van der Waals surface area contributed by atoms with Crippen molar-refractivity contribution in [3.05, 3.63) is 35.3 Å². The number of benzene rings is 1. The number of anilines is 6. The van der Waals surface area contributed by atoms with Crippen molar-refractivity contribution in [1.82, 2.24) is 24.4 Å². The monoisotopic (exact) mass is 535 g/mol. The van der Waals surface area contributed by atoms with Crippen LogP contribution in [0.1, 0.15) is 21.9 Å². The summed E-state index contributed by atoms with van der Waals surface area (Å²) < 4.78 is 7.59. The van der Waals surface area contributed by atoms with E-state index in [1.54, 1.807) is 38.8 Å². The van der Waals surface area contributed by atoms with Gasteiger partial charge >= 0.3 is 0 Å². The molecule has 14 nitrogen and oxygen atoms in total. The molecule has 206 valence electrons. The van der Waals surface area contributed by atoms with Gasteiger partial charge in [-0.2, -0.15) is 9.97 Å². The maximum absolute atomic E-state index is 12.7. The fraction of sp³-hybridized carbons (Fsp3) is 0.320. The Balaban J connectivity index is 1.49. The molecule has 0 saturated heterocycles. The maximum Gasteiger partial charge on any atom is 0.273 e. The molecule has 1 aliphatic heterocycles. The lowest BCUT2D eigenvalue weighted by Gasteiger charge is -2.31. The number of amides is 2. The van der Waals surface area contributed by atoms with E-state index in [-0.39, 0.29) is 23.2 Å². The summed E-state index contributed by atoms with van der Waals surface area (Å²) in [6.45, 7) is 2.48. The molecule has 2 aromatic heterocycles. The summed E-state index contributed by atoms with van der Waals surface area (Å²) in [6, 6.07) is 5.92. The number of fused-ring (bicyclic) bond motifs is 1. The first kappa shape index (κ1) is 27.0. The van der Waals surface area contributed by atoms with Gasteiger partial charge in [-0.15, -0.1) is 0 Å². The molecule has 3 aromatic rings. The molecule has 0 aliphatic carbocycles. The molecule has 0 radical (unpaired) electrons. The molecule has 1 aliphatic rings. The van der Waals surface area contributed by atoms with E-state index in [0.717, 1.165) is 23.5 Å². The van der Waals surface area contributed by atoms with Gasteiger partial charge < -0.3 is 46.5 Å². The minimum absolute atomic E-state index is 0.139. The predicted octanol–water partition coefficient (Wildman–Crippen LogP) is 0.732. The second-order valence-corrected chi connectivity index (χ2v) is 9.17. The standard InChI is InChI=1S/C25H33N11O3/c1-33(2)24(38)20-23(34(3)14-37)30-18(35(20)4)8-6-15-5-7-16-17(13-15)39-12-11-36(16)10-9-29-25-31-21(27)19(26)22(28)32-25/h5-8,13-14H,9-12,26H2,1-4H3,(H5,27,28,29,31,32)/b8-6+. The Morgan fingerprint density at radius 2 is 1.85 bits per heavy atom. The molecule has 0 bridgehead atoms. The zero-order valence-electron chi connectivity index (χ0n) is 22.4. The van der Waals surface area contributed by atoms with Crippen molar-refractivity contribution in [2.45, 2.75) is 0 Å². The van der Waals surface area contributed by atoms with Crippen LogP contribution in [0.4, 0.5) is 34.8 Å². The number of imidazole rings is 1. The highest BCUT2D eigenvalue weighted by Gasteiger charge is 2.24. The van der Waals surface area contributed by atoms with Crippen LogP contribution in [0.5, 0.6) is 5.75 Å². The lowest BCUT2D eigenvalue weighted by Crippen LogP contribution is -2.36. The molecule has 7 N–H and O–H groups in total. The van der Waals surface area contributed by atoms with E-state index in [0.29, 0.717) is 49.4 Å². The van der Waals surface area contributed by atoms with E-state index in [2.05, 4.69) is 25.2 Å². The minimum Gasteiger partial charge on any atom is -0.490 e. The zero-order chi connectivity index (χ0) is 28.3. The third-order valence-corrected chi connectivity index (χ3v) is 6.25. The van der Waals surface area contributed by atoms with Crippen LogP contribution in [0.3, 0.4) is 0 Å². The highest BCUT2D eigenvalue weighted by molar-refractivity contribution is 5.99. The number of rotatable bonds is 9. The van der Waals surface area contributed by atoms with Crippen LogP contribution in [-0.4, -0.2) is 84.1 Å². The molecular formula is C25H33N11O3. The van der Waals surface area contributed by atoms with Gasteiger partial charge in [0.2, 0.25) is 12.4 Å². The number of hydrogen-bond acceptors (Lipinski definition) is 11. The predicted molar refractivity (Wildman–Crippen MR) is 153 cm³/mol. The Morgan fingerprint density at radius 3 is 2.51 bits per heavy atom. The van der Waals surface area contributed by atoms with Crippen molar-refractivity contribution < 1.29 is 14.3 Å². The van der Waals surface area contributed by atoms with E-state index in [1.807, 2.05) is 24.3 Å². The van der Waals surface area contributed by atoms with E-state index >= 15 is 0 Å². The molecule has 39 heavy (non-hydrogen) atoms. The quantitative estimate of drug-likeness (QED) is 0.283. The van der Waals surface area contributed by atoms with Crippen LogP contribution in [-0.2, 0) is 11.8 Å². The fourth-order valence-electron chi connectivity index (χ4n) is 4.08. The Bertz CT molecular complexity index is 1390. The van der Waals surface area contributed by atoms with Crippen LogP contribution in [0.15, 0.2) is 18.2 Å². The molecule has 3 heterocycles. The number of hydrogen-bond donors (Lipinski definition) is 4. The van der Waals surface area contributed by atoms with Gasteiger partial charge in [0.25, 0.3) is 5.91 Å². The van der Waals surface area contributed by atoms with E-state index in [4.69, 9.17) is 21.9 Å². The van der Waals surface area contributed by atoms with Crippen LogP contribution >= 0.6 is 0 Å².